The maximum Gasteiger partial charge on any atom is 0.222 e. The average Bonchev–Trinajstić information content (AvgIpc) is 2.42. The van der Waals surface area contributed by atoms with Crippen molar-refractivity contribution < 1.29 is 9.59 Å². The largest absolute Gasteiger partial charge is 0.383 e. The van der Waals surface area contributed by atoms with Crippen molar-refractivity contribution in [2.45, 2.75) is 20.8 Å². The Hall–Kier alpha value is -2.35. The molecule has 0 aliphatic rings. The molecule has 0 saturated carbocycles. The van der Waals surface area contributed by atoms with Crippen molar-refractivity contribution >= 4 is 17.4 Å². The molecule has 0 fully saturated rings. The van der Waals surface area contributed by atoms with Crippen LogP contribution in [0.5, 0.6) is 0 Å². The third-order valence-corrected chi connectivity index (χ3v) is 2.79. The van der Waals surface area contributed by atoms with Crippen LogP contribution in [0.1, 0.15) is 36.7 Å². The second-order valence-electron chi connectivity index (χ2n) is 4.80. The number of benzene rings is 1. The summed E-state index contributed by atoms with van der Waals surface area (Å²) in [5.41, 5.74) is 1.65. The average molecular weight is 273 g/mol. The fraction of sp³-hybridized carbons (Fsp3) is 0.400. The lowest BCUT2D eigenvalue weighted by atomic mass is 10.1. The number of hydrogen-bond donors (Lipinski definition) is 2. The molecule has 0 bridgehead atoms. The highest BCUT2D eigenvalue weighted by Crippen LogP contribution is 2.17. The molecule has 0 saturated heterocycles. The minimum absolute atomic E-state index is 0.00985. The normalized spacial score (nSPS) is 9.95. The van der Waals surface area contributed by atoms with E-state index in [0.717, 1.165) is 0 Å². The van der Waals surface area contributed by atoms with E-state index < -0.39 is 0 Å². The number of hydrogen-bond acceptors (Lipinski definition) is 4. The van der Waals surface area contributed by atoms with Crippen LogP contribution in [0, 0.1) is 17.2 Å². The van der Waals surface area contributed by atoms with Crippen LogP contribution in [-0.4, -0.2) is 24.8 Å². The van der Waals surface area contributed by atoms with Crippen LogP contribution >= 0.6 is 0 Å². The Bertz CT molecular complexity index is 545. The van der Waals surface area contributed by atoms with E-state index in [-0.39, 0.29) is 17.6 Å². The van der Waals surface area contributed by atoms with E-state index in [1.165, 1.54) is 6.92 Å². The molecule has 2 N–H and O–H groups in total. The van der Waals surface area contributed by atoms with Gasteiger partial charge in [-0.3, -0.25) is 9.59 Å². The quantitative estimate of drug-likeness (QED) is 0.613. The highest BCUT2D eigenvalue weighted by molar-refractivity contribution is 5.99. The summed E-state index contributed by atoms with van der Waals surface area (Å²) in [6.07, 6.45) is 0. The minimum Gasteiger partial charge on any atom is -0.383 e. The van der Waals surface area contributed by atoms with Crippen LogP contribution in [0.3, 0.4) is 0 Å². The number of amides is 1. The number of anilines is 1. The maximum atomic E-state index is 11.5. The van der Waals surface area contributed by atoms with Crippen molar-refractivity contribution in [3.8, 4) is 6.07 Å². The van der Waals surface area contributed by atoms with Crippen molar-refractivity contribution in [2.75, 3.05) is 18.4 Å². The third-order valence-electron chi connectivity index (χ3n) is 2.79. The zero-order valence-corrected chi connectivity index (χ0v) is 12.0. The van der Waals surface area contributed by atoms with Crippen molar-refractivity contribution in [1.82, 2.24) is 5.32 Å². The Morgan fingerprint density at radius 2 is 2.00 bits per heavy atom. The van der Waals surface area contributed by atoms with Gasteiger partial charge in [-0.2, -0.15) is 5.26 Å². The molecule has 1 aromatic rings. The summed E-state index contributed by atoms with van der Waals surface area (Å²) < 4.78 is 0. The van der Waals surface area contributed by atoms with Gasteiger partial charge in [0.05, 0.1) is 11.6 Å². The Morgan fingerprint density at radius 1 is 1.30 bits per heavy atom. The van der Waals surface area contributed by atoms with Crippen LogP contribution in [0.15, 0.2) is 18.2 Å². The van der Waals surface area contributed by atoms with Crippen molar-refractivity contribution in [1.29, 1.82) is 5.26 Å². The van der Waals surface area contributed by atoms with Gasteiger partial charge in [-0.25, -0.2) is 0 Å². The molecule has 0 aliphatic heterocycles. The predicted octanol–water partition coefficient (Wildman–Crippen LogP) is 1.94. The number of ketones is 1. The second-order valence-corrected chi connectivity index (χ2v) is 4.80. The maximum absolute atomic E-state index is 11.5. The van der Waals surface area contributed by atoms with Crippen LogP contribution < -0.4 is 10.6 Å². The van der Waals surface area contributed by atoms with E-state index >= 15 is 0 Å². The van der Waals surface area contributed by atoms with E-state index in [1.54, 1.807) is 18.2 Å². The Kier molecular flexibility index (Phi) is 5.73. The first-order valence-corrected chi connectivity index (χ1v) is 6.52. The lowest BCUT2D eigenvalue weighted by Gasteiger charge is -2.12. The van der Waals surface area contributed by atoms with Crippen LogP contribution in [0.25, 0.3) is 0 Å². The minimum atomic E-state index is -0.0665. The molecule has 106 valence electrons. The molecule has 5 nitrogen and oxygen atoms in total. The number of Topliss-reactive ketones (excluding diaryl/α,β-unsaturated/α-hetero) is 1. The van der Waals surface area contributed by atoms with Gasteiger partial charge in [0.15, 0.2) is 5.78 Å². The van der Waals surface area contributed by atoms with E-state index in [9.17, 15) is 9.59 Å². The summed E-state index contributed by atoms with van der Waals surface area (Å²) in [5.74, 6) is -0.128. The summed E-state index contributed by atoms with van der Waals surface area (Å²) >= 11 is 0. The highest BCUT2D eigenvalue weighted by Gasteiger charge is 2.09. The zero-order valence-electron chi connectivity index (χ0n) is 12.0. The van der Waals surface area contributed by atoms with Gasteiger partial charge in [-0.05, 0) is 25.1 Å². The molecule has 0 radical (unpaired) electrons. The van der Waals surface area contributed by atoms with E-state index in [2.05, 4.69) is 10.6 Å². The lowest BCUT2D eigenvalue weighted by Crippen LogP contribution is -2.32. The first-order chi connectivity index (χ1) is 9.45. The molecule has 1 aromatic carbocycles. The Balaban J connectivity index is 2.65. The summed E-state index contributed by atoms with van der Waals surface area (Å²) in [7, 11) is 0. The monoisotopic (exact) mass is 273 g/mol. The fourth-order valence-corrected chi connectivity index (χ4v) is 1.65. The summed E-state index contributed by atoms with van der Waals surface area (Å²) in [5, 5.41) is 14.7. The topological polar surface area (TPSA) is 82.0 Å². The highest BCUT2D eigenvalue weighted by atomic mass is 16.1. The first kappa shape index (κ1) is 15.7. The van der Waals surface area contributed by atoms with E-state index in [1.807, 2.05) is 19.9 Å². The molecular formula is C15H19N3O2. The number of carbonyl (C=O) groups is 2. The van der Waals surface area contributed by atoms with Crippen molar-refractivity contribution in [3.63, 3.8) is 0 Å². The predicted molar refractivity (Wildman–Crippen MR) is 77.5 cm³/mol. The molecule has 0 atom stereocenters. The third kappa shape index (κ3) is 4.39. The molecule has 1 amide bonds. The van der Waals surface area contributed by atoms with Gasteiger partial charge in [0, 0.05) is 30.3 Å². The standard InChI is InChI=1S/C15H19N3O2/c1-10(2)15(20)18-7-6-17-14-8-12(9-16)4-5-13(14)11(3)19/h4-5,8,10,17H,6-7H2,1-3H3,(H,18,20). The molecular weight excluding hydrogens is 254 g/mol. The van der Waals surface area contributed by atoms with Gasteiger partial charge < -0.3 is 10.6 Å². The van der Waals surface area contributed by atoms with Crippen LogP contribution in [-0.2, 0) is 4.79 Å². The van der Waals surface area contributed by atoms with Gasteiger partial charge in [0.1, 0.15) is 0 Å². The molecule has 0 spiro atoms. The smallest absolute Gasteiger partial charge is 0.222 e. The van der Waals surface area contributed by atoms with Gasteiger partial charge in [-0.1, -0.05) is 13.8 Å². The summed E-state index contributed by atoms with van der Waals surface area (Å²) in [4.78, 5) is 22.9. The SMILES string of the molecule is CC(=O)c1ccc(C#N)cc1NCCNC(=O)C(C)C. The molecule has 0 aromatic heterocycles. The number of rotatable bonds is 6. The molecule has 1 rings (SSSR count). The molecule has 0 aliphatic carbocycles. The molecule has 0 unspecified atom stereocenters. The van der Waals surface area contributed by atoms with Gasteiger partial charge >= 0.3 is 0 Å². The molecule has 20 heavy (non-hydrogen) atoms. The Labute approximate surface area is 119 Å². The lowest BCUT2D eigenvalue weighted by molar-refractivity contribution is -0.123. The van der Waals surface area contributed by atoms with E-state index in [4.69, 9.17) is 5.26 Å². The van der Waals surface area contributed by atoms with Crippen LogP contribution in [0.4, 0.5) is 5.69 Å². The first-order valence-electron chi connectivity index (χ1n) is 6.52. The van der Waals surface area contributed by atoms with E-state index in [0.29, 0.717) is 29.9 Å². The van der Waals surface area contributed by atoms with Gasteiger partial charge in [0.2, 0.25) is 5.91 Å². The molecule has 0 heterocycles. The van der Waals surface area contributed by atoms with Crippen molar-refractivity contribution in [2.24, 2.45) is 5.92 Å². The number of nitriles is 1. The second kappa shape index (κ2) is 7.29. The number of carbonyl (C=O) groups excluding carboxylic acids is 2. The molecule has 5 heteroatoms. The number of nitrogens with zero attached hydrogens (tertiary/aromatic N) is 1. The van der Waals surface area contributed by atoms with Crippen LogP contribution in [0.2, 0.25) is 0 Å². The van der Waals surface area contributed by atoms with Gasteiger partial charge in [-0.15, -0.1) is 0 Å². The van der Waals surface area contributed by atoms with Crippen molar-refractivity contribution in [3.05, 3.63) is 29.3 Å². The summed E-state index contributed by atoms with van der Waals surface area (Å²) in [6, 6.07) is 6.92. The van der Waals surface area contributed by atoms with Gasteiger partial charge in [0.25, 0.3) is 0 Å². The fourth-order valence-electron chi connectivity index (χ4n) is 1.65. The summed E-state index contributed by atoms with van der Waals surface area (Å²) in [6.45, 7) is 6.09. The number of nitrogens with one attached hydrogen (secondary N) is 2. The Morgan fingerprint density at radius 3 is 2.55 bits per heavy atom. The zero-order chi connectivity index (χ0) is 15.1.